The summed E-state index contributed by atoms with van der Waals surface area (Å²) >= 11 is 3.46. The quantitative estimate of drug-likeness (QED) is 0.799. The largest absolute Gasteiger partial charge is 0.488 e. The molecule has 2 rings (SSSR count). The highest BCUT2D eigenvalue weighted by molar-refractivity contribution is 9.10. The third kappa shape index (κ3) is 2.96. The van der Waals surface area contributed by atoms with Crippen LogP contribution in [0.4, 0.5) is 0 Å². The highest BCUT2D eigenvalue weighted by Crippen LogP contribution is 2.24. The maximum Gasteiger partial charge on any atom is 0.133 e. The molecule has 0 amide bonds. The smallest absolute Gasteiger partial charge is 0.133 e. The molecule has 1 aromatic carbocycles. The van der Waals surface area contributed by atoms with Crippen molar-refractivity contribution in [2.24, 2.45) is 0 Å². The molecule has 0 bridgehead atoms. The molecule has 0 radical (unpaired) electrons. The number of benzene rings is 1. The van der Waals surface area contributed by atoms with Gasteiger partial charge in [-0.2, -0.15) is 0 Å². The predicted octanol–water partition coefficient (Wildman–Crippen LogP) is 4.10. The van der Waals surface area contributed by atoms with Crippen molar-refractivity contribution in [3.63, 3.8) is 0 Å². The van der Waals surface area contributed by atoms with Crippen LogP contribution in [0, 0.1) is 0 Å². The summed E-state index contributed by atoms with van der Waals surface area (Å²) < 4.78 is 6.71. The van der Waals surface area contributed by atoms with Crippen LogP contribution in [-0.4, -0.2) is 6.61 Å². The van der Waals surface area contributed by atoms with E-state index in [2.05, 4.69) is 34.2 Å². The molecule has 0 fully saturated rings. The Kier molecular flexibility index (Phi) is 3.62. The standard InChI is InChI=1S/C13H13BrO/c14-12-8-4-5-9-13(12)15-10-11-6-2-1-3-7-11/h2,4-9H,1,3,10H2. The van der Waals surface area contributed by atoms with Crippen LogP contribution >= 0.6 is 15.9 Å². The minimum atomic E-state index is 0.652. The molecule has 0 saturated carbocycles. The average Bonchev–Trinajstić information content (AvgIpc) is 2.29. The van der Waals surface area contributed by atoms with Gasteiger partial charge in [-0.15, -0.1) is 0 Å². The molecule has 1 nitrogen and oxygen atoms in total. The first kappa shape index (κ1) is 10.5. The fourth-order valence-electron chi connectivity index (χ4n) is 1.50. The van der Waals surface area contributed by atoms with Crippen LogP contribution in [0.2, 0.25) is 0 Å². The van der Waals surface area contributed by atoms with Gasteiger partial charge in [-0.1, -0.05) is 30.4 Å². The van der Waals surface area contributed by atoms with E-state index in [-0.39, 0.29) is 0 Å². The van der Waals surface area contributed by atoms with Gasteiger partial charge >= 0.3 is 0 Å². The lowest BCUT2D eigenvalue weighted by atomic mass is 10.1. The third-order valence-electron chi connectivity index (χ3n) is 2.30. The Bertz CT molecular complexity index is 393. The van der Waals surface area contributed by atoms with Crippen LogP contribution in [0.15, 0.2) is 52.5 Å². The summed E-state index contributed by atoms with van der Waals surface area (Å²) in [6.07, 6.45) is 8.85. The van der Waals surface area contributed by atoms with Gasteiger partial charge in [0.15, 0.2) is 0 Å². The number of hydrogen-bond donors (Lipinski definition) is 0. The van der Waals surface area contributed by atoms with Gasteiger partial charge in [-0.3, -0.25) is 0 Å². The minimum Gasteiger partial charge on any atom is -0.488 e. The van der Waals surface area contributed by atoms with Crippen molar-refractivity contribution in [3.05, 3.63) is 52.5 Å². The second-order valence-electron chi connectivity index (χ2n) is 3.48. The van der Waals surface area contributed by atoms with Gasteiger partial charge in [0.1, 0.15) is 12.4 Å². The van der Waals surface area contributed by atoms with E-state index >= 15 is 0 Å². The molecule has 0 saturated heterocycles. The van der Waals surface area contributed by atoms with E-state index in [4.69, 9.17) is 4.74 Å². The van der Waals surface area contributed by atoms with Gasteiger partial charge in [0.2, 0.25) is 0 Å². The molecule has 0 aliphatic heterocycles. The molecule has 0 unspecified atom stereocenters. The van der Waals surface area contributed by atoms with Crippen molar-refractivity contribution in [1.29, 1.82) is 0 Å². The van der Waals surface area contributed by atoms with Crippen LogP contribution in [0.1, 0.15) is 12.8 Å². The van der Waals surface area contributed by atoms with Gasteiger partial charge in [0.05, 0.1) is 4.47 Å². The van der Waals surface area contributed by atoms with E-state index < -0.39 is 0 Å². The Labute approximate surface area is 98.6 Å². The molecule has 0 N–H and O–H groups in total. The Morgan fingerprint density at radius 2 is 2.07 bits per heavy atom. The topological polar surface area (TPSA) is 9.23 Å². The van der Waals surface area contributed by atoms with Crippen molar-refractivity contribution < 1.29 is 4.74 Å². The highest BCUT2D eigenvalue weighted by atomic mass is 79.9. The number of hydrogen-bond acceptors (Lipinski definition) is 1. The predicted molar refractivity (Wildman–Crippen MR) is 66.1 cm³/mol. The fraction of sp³-hybridized carbons (Fsp3) is 0.231. The molecule has 0 spiro atoms. The van der Waals surface area contributed by atoms with E-state index in [9.17, 15) is 0 Å². The number of ether oxygens (including phenoxy) is 1. The van der Waals surface area contributed by atoms with E-state index in [1.165, 1.54) is 5.57 Å². The van der Waals surface area contributed by atoms with Crippen molar-refractivity contribution in [3.8, 4) is 5.75 Å². The maximum absolute atomic E-state index is 5.71. The molecule has 0 aromatic heterocycles. The van der Waals surface area contributed by atoms with E-state index in [1.54, 1.807) is 0 Å². The fourth-order valence-corrected chi connectivity index (χ4v) is 1.90. The van der Waals surface area contributed by atoms with Gasteiger partial charge in [-0.05, 0) is 46.5 Å². The van der Waals surface area contributed by atoms with Crippen molar-refractivity contribution in [2.75, 3.05) is 6.61 Å². The lowest BCUT2D eigenvalue weighted by Crippen LogP contribution is -2.01. The first-order valence-electron chi connectivity index (χ1n) is 5.09. The average molecular weight is 265 g/mol. The highest BCUT2D eigenvalue weighted by Gasteiger charge is 2.01. The first-order valence-corrected chi connectivity index (χ1v) is 5.88. The zero-order valence-corrected chi connectivity index (χ0v) is 10.0. The summed E-state index contributed by atoms with van der Waals surface area (Å²) in [4.78, 5) is 0. The van der Waals surface area contributed by atoms with Crippen molar-refractivity contribution in [1.82, 2.24) is 0 Å². The Balaban J connectivity index is 1.96. The summed E-state index contributed by atoms with van der Waals surface area (Å²) in [5.74, 6) is 0.900. The van der Waals surface area contributed by atoms with Crippen LogP contribution in [0.3, 0.4) is 0 Å². The molecule has 0 heterocycles. The second-order valence-corrected chi connectivity index (χ2v) is 4.33. The zero-order valence-electron chi connectivity index (χ0n) is 8.45. The van der Waals surface area contributed by atoms with Crippen LogP contribution in [-0.2, 0) is 0 Å². The summed E-state index contributed by atoms with van der Waals surface area (Å²) in [5.41, 5.74) is 1.26. The van der Waals surface area contributed by atoms with Crippen LogP contribution < -0.4 is 4.74 Å². The molecule has 15 heavy (non-hydrogen) atoms. The Hall–Kier alpha value is -1.02. The minimum absolute atomic E-state index is 0.652. The summed E-state index contributed by atoms with van der Waals surface area (Å²) in [6, 6.07) is 7.92. The molecule has 1 aliphatic rings. The molecular formula is C13H13BrO. The molecule has 1 aromatic rings. The SMILES string of the molecule is Brc1ccccc1OCC1=CCCC=C1. The summed E-state index contributed by atoms with van der Waals surface area (Å²) in [6.45, 7) is 0.652. The summed E-state index contributed by atoms with van der Waals surface area (Å²) in [5, 5.41) is 0. The maximum atomic E-state index is 5.71. The van der Waals surface area contributed by atoms with E-state index in [0.717, 1.165) is 23.1 Å². The van der Waals surface area contributed by atoms with Crippen LogP contribution in [0.5, 0.6) is 5.75 Å². The normalized spacial score (nSPS) is 14.9. The van der Waals surface area contributed by atoms with Gasteiger partial charge in [-0.25, -0.2) is 0 Å². The molecule has 0 atom stereocenters. The number of rotatable bonds is 3. The number of para-hydroxylation sites is 1. The van der Waals surface area contributed by atoms with E-state index in [0.29, 0.717) is 6.61 Å². The molecule has 1 aliphatic carbocycles. The van der Waals surface area contributed by atoms with Gasteiger partial charge in [0.25, 0.3) is 0 Å². The number of halogens is 1. The van der Waals surface area contributed by atoms with Gasteiger partial charge < -0.3 is 4.74 Å². The van der Waals surface area contributed by atoms with Crippen LogP contribution in [0.25, 0.3) is 0 Å². The third-order valence-corrected chi connectivity index (χ3v) is 2.96. The Morgan fingerprint density at radius 1 is 1.20 bits per heavy atom. The zero-order chi connectivity index (χ0) is 10.5. The monoisotopic (exact) mass is 264 g/mol. The second kappa shape index (κ2) is 5.17. The molecule has 2 heteroatoms. The molecular weight excluding hydrogens is 252 g/mol. The van der Waals surface area contributed by atoms with Crippen molar-refractivity contribution in [2.45, 2.75) is 12.8 Å². The Morgan fingerprint density at radius 3 is 2.80 bits per heavy atom. The van der Waals surface area contributed by atoms with Crippen molar-refractivity contribution >= 4 is 15.9 Å². The summed E-state index contributed by atoms with van der Waals surface area (Å²) in [7, 11) is 0. The van der Waals surface area contributed by atoms with Gasteiger partial charge in [0, 0.05) is 0 Å². The number of allylic oxidation sites excluding steroid dienone is 2. The van der Waals surface area contributed by atoms with E-state index in [1.807, 2.05) is 24.3 Å². The molecule has 78 valence electrons. The lowest BCUT2D eigenvalue weighted by Gasteiger charge is -2.10. The first-order chi connectivity index (χ1) is 7.36. The lowest BCUT2D eigenvalue weighted by molar-refractivity contribution is 0.352.